The summed E-state index contributed by atoms with van der Waals surface area (Å²) < 4.78 is 0. The van der Waals surface area contributed by atoms with Gasteiger partial charge in [-0.15, -0.1) is 0 Å². The number of benzene rings is 1. The third-order valence-electron chi connectivity index (χ3n) is 2.39. The molecule has 1 aromatic carbocycles. The Hall–Kier alpha value is -1.81. The van der Waals surface area contributed by atoms with Crippen molar-refractivity contribution in [2.24, 2.45) is 0 Å². The summed E-state index contributed by atoms with van der Waals surface area (Å²) in [6.07, 6.45) is 0.823. The number of aromatic nitrogens is 2. The van der Waals surface area contributed by atoms with Crippen LogP contribution in [0.4, 0.5) is 5.82 Å². The molecule has 4 N–H and O–H groups in total. The van der Waals surface area contributed by atoms with E-state index in [1.807, 2.05) is 31.2 Å². The lowest BCUT2D eigenvalue weighted by Gasteiger charge is -2.09. The third kappa shape index (κ3) is 1.85. The predicted molar refractivity (Wildman–Crippen MR) is 58.2 cm³/mol. The molecule has 78 valence electrons. The van der Waals surface area contributed by atoms with E-state index in [0.29, 0.717) is 11.4 Å². The van der Waals surface area contributed by atoms with Gasteiger partial charge in [-0.25, -0.2) is 0 Å². The molecule has 0 amide bonds. The number of aliphatic hydroxyl groups is 1. The van der Waals surface area contributed by atoms with E-state index in [1.165, 1.54) is 0 Å². The van der Waals surface area contributed by atoms with Crippen LogP contribution in [0.2, 0.25) is 0 Å². The zero-order valence-corrected chi connectivity index (χ0v) is 8.44. The van der Waals surface area contributed by atoms with Crippen LogP contribution in [-0.2, 0) is 0 Å². The third-order valence-corrected chi connectivity index (χ3v) is 2.39. The second-order valence-corrected chi connectivity index (χ2v) is 3.55. The van der Waals surface area contributed by atoms with E-state index < -0.39 is 6.10 Å². The first-order chi connectivity index (χ1) is 7.18. The fourth-order valence-electron chi connectivity index (χ4n) is 1.45. The predicted octanol–water partition coefficient (Wildman–Crippen LogP) is 1.38. The second-order valence-electron chi connectivity index (χ2n) is 3.55. The van der Waals surface area contributed by atoms with E-state index in [4.69, 9.17) is 5.73 Å². The summed E-state index contributed by atoms with van der Waals surface area (Å²) in [5.41, 5.74) is 8.21. The van der Waals surface area contributed by atoms with Gasteiger partial charge in [-0.2, -0.15) is 5.10 Å². The number of nitrogens with two attached hydrogens (primary N) is 1. The SMILES string of the molecule is Cc1ccc(C(O)c2cn[nH]c2N)cc1. The van der Waals surface area contributed by atoms with Gasteiger partial charge in [-0.05, 0) is 12.5 Å². The van der Waals surface area contributed by atoms with Crippen molar-refractivity contribution in [2.75, 3.05) is 5.73 Å². The standard InChI is InChI=1S/C11H13N3O/c1-7-2-4-8(5-3-7)10(15)9-6-13-14-11(9)12/h2-6,10,15H,1H3,(H3,12,13,14). The lowest BCUT2D eigenvalue weighted by Crippen LogP contribution is -2.01. The second kappa shape index (κ2) is 3.74. The maximum Gasteiger partial charge on any atom is 0.125 e. The van der Waals surface area contributed by atoms with Crippen molar-refractivity contribution in [1.82, 2.24) is 10.2 Å². The van der Waals surface area contributed by atoms with E-state index in [2.05, 4.69) is 10.2 Å². The van der Waals surface area contributed by atoms with Crippen LogP contribution in [0.3, 0.4) is 0 Å². The molecule has 2 aromatic rings. The Morgan fingerprint density at radius 1 is 1.33 bits per heavy atom. The normalized spacial score (nSPS) is 12.7. The monoisotopic (exact) mass is 203 g/mol. The van der Waals surface area contributed by atoms with Gasteiger partial charge in [0.15, 0.2) is 0 Å². The fourth-order valence-corrected chi connectivity index (χ4v) is 1.45. The van der Waals surface area contributed by atoms with Crippen molar-refractivity contribution < 1.29 is 5.11 Å². The smallest absolute Gasteiger partial charge is 0.125 e. The number of hydrogen-bond donors (Lipinski definition) is 3. The Kier molecular flexibility index (Phi) is 2.43. The minimum atomic E-state index is -0.718. The van der Waals surface area contributed by atoms with Gasteiger partial charge in [0.05, 0.1) is 6.20 Å². The zero-order valence-electron chi connectivity index (χ0n) is 8.44. The number of nitrogens with zero attached hydrogens (tertiary/aromatic N) is 1. The quantitative estimate of drug-likeness (QED) is 0.690. The molecule has 0 saturated heterocycles. The molecule has 4 heteroatoms. The van der Waals surface area contributed by atoms with Crippen molar-refractivity contribution in [2.45, 2.75) is 13.0 Å². The molecule has 2 rings (SSSR count). The van der Waals surface area contributed by atoms with Crippen LogP contribution in [0, 0.1) is 6.92 Å². The average Bonchev–Trinajstić information content (AvgIpc) is 2.65. The molecule has 1 heterocycles. The van der Waals surface area contributed by atoms with Gasteiger partial charge in [0.25, 0.3) is 0 Å². The molecule has 4 nitrogen and oxygen atoms in total. The van der Waals surface area contributed by atoms with Crippen molar-refractivity contribution in [3.05, 3.63) is 47.2 Å². The number of aliphatic hydroxyl groups excluding tert-OH is 1. The molecule has 0 aliphatic rings. The fraction of sp³-hybridized carbons (Fsp3) is 0.182. The van der Waals surface area contributed by atoms with Gasteiger partial charge in [-0.3, -0.25) is 5.10 Å². The van der Waals surface area contributed by atoms with Crippen LogP contribution in [0.1, 0.15) is 22.8 Å². The topological polar surface area (TPSA) is 74.9 Å². The Morgan fingerprint density at radius 3 is 2.53 bits per heavy atom. The number of anilines is 1. The van der Waals surface area contributed by atoms with E-state index >= 15 is 0 Å². The van der Waals surface area contributed by atoms with Crippen LogP contribution in [0.15, 0.2) is 30.5 Å². The number of H-pyrrole nitrogens is 1. The Balaban J connectivity index is 2.32. The van der Waals surface area contributed by atoms with Gasteiger partial charge in [-0.1, -0.05) is 29.8 Å². The summed E-state index contributed by atoms with van der Waals surface area (Å²) in [5, 5.41) is 16.4. The molecule has 0 aliphatic heterocycles. The highest BCUT2D eigenvalue weighted by molar-refractivity contribution is 5.43. The van der Waals surface area contributed by atoms with Gasteiger partial charge in [0, 0.05) is 5.56 Å². The summed E-state index contributed by atoms with van der Waals surface area (Å²) >= 11 is 0. The molecular formula is C11H13N3O. The highest BCUT2D eigenvalue weighted by atomic mass is 16.3. The molecule has 0 radical (unpaired) electrons. The molecular weight excluding hydrogens is 190 g/mol. The summed E-state index contributed by atoms with van der Waals surface area (Å²) in [4.78, 5) is 0. The van der Waals surface area contributed by atoms with Crippen LogP contribution in [-0.4, -0.2) is 15.3 Å². The maximum absolute atomic E-state index is 10.0. The zero-order chi connectivity index (χ0) is 10.8. The highest BCUT2D eigenvalue weighted by Crippen LogP contribution is 2.24. The van der Waals surface area contributed by atoms with E-state index in [-0.39, 0.29) is 0 Å². The summed E-state index contributed by atoms with van der Waals surface area (Å²) in [6.45, 7) is 2.00. The number of nitrogens with one attached hydrogen (secondary N) is 1. The molecule has 1 atom stereocenters. The lowest BCUT2D eigenvalue weighted by atomic mass is 10.0. The minimum absolute atomic E-state index is 0.406. The number of nitrogen functional groups attached to an aromatic ring is 1. The summed E-state index contributed by atoms with van der Waals surface area (Å²) in [5.74, 6) is 0.406. The van der Waals surface area contributed by atoms with E-state index in [1.54, 1.807) is 6.20 Å². The highest BCUT2D eigenvalue weighted by Gasteiger charge is 2.14. The van der Waals surface area contributed by atoms with Crippen molar-refractivity contribution in [1.29, 1.82) is 0 Å². The van der Waals surface area contributed by atoms with Gasteiger partial charge >= 0.3 is 0 Å². The van der Waals surface area contributed by atoms with Gasteiger partial charge in [0.2, 0.25) is 0 Å². The van der Waals surface area contributed by atoms with Crippen molar-refractivity contribution >= 4 is 5.82 Å². The van der Waals surface area contributed by atoms with E-state index in [9.17, 15) is 5.11 Å². The van der Waals surface area contributed by atoms with Crippen LogP contribution >= 0.6 is 0 Å². The molecule has 1 aromatic heterocycles. The molecule has 0 spiro atoms. The van der Waals surface area contributed by atoms with Crippen LogP contribution < -0.4 is 5.73 Å². The molecule has 0 saturated carbocycles. The average molecular weight is 203 g/mol. The first-order valence-electron chi connectivity index (χ1n) is 4.72. The van der Waals surface area contributed by atoms with E-state index in [0.717, 1.165) is 11.1 Å². The van der Waals surface area contributed by atoms with Gasteiger partial charge in [0.1, 0.15) is 11.9 Å². The van der Waals surface area contributed by atoms with Crippen LogP contribution in [0.5, 0.6) is 0 Å². The largest absolute Gasteiger partial charge is 0.384 e. The summed E-state index contributed by atoms with van der Waals surface area (Å²) in [6, 6.07) is 7.67. The molecule has 0 aliphatic carbocycles. The molecule has 0 bridgehead atoms. The molecule has 0 fully saturated rings. The summed E-state index contributed by atoms with van der Waals surface area (Å²) in [7, 11) is 0. The van der Waals surface area contributed by atoms with Crippen molar-refractivity contribution in [3.8, 4) is 0 Å². The lowest BCUT2D eigenvalue weighted by molar-refractivity contribution is 0.221. The van der Waals surface area contributed by atoms with Gasteiger partial charge < -0.3 is 10.8 Å². The Morgan fingerprint density at radius 2 is 2.00 bits per heavy atom. The number of aromatic amines is 1. The molecule has 1 unspecified atom stereocenters. The first kappa shape index (κ1) is 9.73. The minimum Gasteiger partial charge on any atom is -0.384 e. The number of rotatable bonds is 2. The number of aryl methyl sites for hydroxylation is 1. The maximum atomic E-state index is 10.0. The van der Waals surface area contributed by atoms with Crippen molar-refractivity contribution in [3.63, 3.8) is 0 Å². The molecule has 15 heavy (non-hydrogen) atoms. The van der Waals surface area contributed by atoms with Crippen LogP contribution in [0.25, 0.3) is 0 Å². The number of hydrogen-bond acceptors (Lipinski definition) is 3. The Bertz CT molecular complexity index is 447. The first-order valence-corrected chi connectivity index (χ1v) is 4.72. The Labute approximate surface area is 87.7 Å².